The van der Waals surface area contributed by atoms with E-state index in [0.29, 0.717) is 0 Å². The molecular formula is C20H19FN2O3S. The van der Waals surface area contributed by atoms with Gasteiger partial charge in [0.1, 0.15) is 12.4 Å². The Morgan fingerprint density at radius 1 is 1.00 bits per heavy atom. The molecule has 0 saturated heterocycles. The molecule has 3 rings (SSSR count). The summed E-state index contributed by atoms with van der Waals surface area (Å²) in [4.78, 5) is 12.3. The fourth-order valence-electron chi connectivity index (χ4n) is 2.74. The summed E-state index contributed by atoms with van der Waals surface area (Å²) in [5.74, 6) is -0.925. The number of hydrogen-bond acceptors (Lipinski definition) is 3. The molecule has 0 aliphatic carbocycles. The van der Waals surface area contributed by atoms with Gasteiger partial charge >= 0.3 is 0 Å². The summed E-state index contributed by atoms with van der Waals surface area (Å²) in [6, 6.07) is 18.7. The molecule has 0 saturated carbocycles. The van der Waals surface area contributed by atoms with Gasteiger partial charge in [-0.2, -0.15) is 0 Å². The lowest BCUT2D eigenvalue weighted by molar-refractivity contribution is -0.119. The largest absolute Gasteiger partial charge is 0.350 e. The zero-order chi connectivity index (χ0) is 19.4. The number of fused-ring (bicyclic) bond motifs is 1. The Morgan fingerprint density at radius 3 is 2.33 bits per heavy atom. The monoisotopic (exact) mass is 386 g/mol. The van der Waals surface area contributed by atoms with Crippen LogP contribution in [0.5, 0.6) is 0 Å². The van der Waals surface area contributed by atoms with Crippen molar-refractivity contribution in [2.75, 3.05) is 17.1 Å². The van der Waals surface area contributed by atoms with Crippen LogP contribution < -0.4 is 9.62 Å². The van der Waals surface area contributed by atoms with Gasteiger partial charge < -0.3 is 5.32 Å². The van der Waals surface area contributed by atoms with Crippen LogP contribution in [0.3, 0.4) is 0 Å². The normalized spacial score (nSPS) is 11.3. The molecule has 1 amide bonds. The lowest BCUT2D eigenvalue weighted by atomic mass is 10.1. The molecule has 0 unspecified atom stereocenters. The molecule has 0 bridgehead atoms. The van der Waals surface area contributed by atoms with Gasteiger partial charge in [-0.25, -0.2) is 12.8 Å². The highest BCUT2D eigenvalue weighted by atomic mass is 32.2. The van der Waals surface area contributed by atoms with Crippen molar-refractivity contribution >= 4 is 32.4 Å². The summed E-state index contributed by atoms with van der Waals surface area (Å²) in [6.07, 6.45) is 1.01. The highest BCUT2D eigenvalue weighted by Gasteiger charge is 2.20. The van der Waals surface area contributed by atoms with Crippen LogP contribution in [0.1, 0.15) is 5.56 Å². The number of halogens is 1. The molecule has 3 aromatic rings. The summed E-state index contributed by atoms with van der Waals surface area (Å²) >= 11 is 0. The smallest absolute Gasteiger partial charge is 0.241 e. The maximum Gasteiger partial charge on any atom is 0.241 e. The number of nitrogens with one attached hydrogen (secondary N) is 1. The van der Waals surface area contributed by atoms with Crippen molar-refractivity contribution in [1.29, 1.82) is 0 Å². The van der Waals surface area contributed by atoms with Gasteiger partial charge in [-0.3, -0.25) is 9.10 Å². The summed E-state index contributed by atoms with van der Waals surface area (Å²) in [7, 11) is -3.69. The Balaban J connectivity index is 1.69. The Labute approximate surface area is 157 Å². The third-order valence-corrected chi connectivity index (χ3v) is 5.25. The average molecular weight is 386 g/mol. The van der Waals surface area contributed by atoms with Crippen molar-refractivity contribution in [2.45, 2.75) is 6.54 Å². The Morgan fingerprint density at radius 2 is 1.67 bits per heavy atom. The summed E-state index contributed by atoms with van der Waals surface area (Å²) < 4.78 is 38.1. The quantitative estimate of drug-likeness (QED) is 0.708. The van der Waals surface area contributed by atoms with Crippen LogP contribution in [-0.4, -0.2) is 27.1 Å². The molecule has 0 fully saturated rings. The number of anilines is 1. The van der Waals surface area contributed by atoms with E-state index < -0.39 is 21.7 Å². The van der Waals surface area contributed by atoms with Crippen LogP contribution in [0.4, 0.5) is 10.1 Å². The molecule has 7 heteroatoms. The maximum atomic E-state index is 13.1. The molecule has 27 heavy (non-hydrogen) atoms. The van der Waals surface area contributed by atoms with Gasteiger partial charge in [0, 0.05) is 6.54 Å². The van der Waals surface area contributed by atoms with E-state index in [4.69, 9.17) is 0 Å². The number of amides is 1. The predicted molar refractivity (Wildman–Crippen MR) is 104 cm³/mol. The first kappa shape index (κ1) is 18.8. The number of hydrogen-bond donors (Lipinski definition) is 1. The van der Waals surface area contributed by atoms with Crippen LogP contribution >= 0.6 is 0 Å². The lowest BCUT2D eigenvalue weighted by Crippen LogP contribution is -2.40. The van der Waals surface area contributed by atoms with Crippen LogP contribution in [0.25, 0.3) is 10.8 Å². The third kappa shape index (κ3) is 4.83. The minimum atomic E-state index is -3.69. The lowest BCUT2D eigenvalue weighted by Gasteiger charge is -2.21. The van der Waals surface area contributed by atoms with Crippen molar-refractivity contribution < 1.29 is 17.6 Å². The van der Waals surface area contributed by atoms with Crippen LogP contribution in [0, 0.1) is 5.82 Å². The summed E-state index contributed by atoms with van der Waals surface area (Å²) in [6.45, 7) is -0.0945. The van der Waals surface area contributed by atoms with Crippen molar-refractivity contribution in [3.05, 3.63) is 78.1 Å². The number of nitrogens with zero attached hydrogens (tertiary/aromatic N) is 1. The predicted octanol–water partition coefficient (Wildman–Crippen LogP) is 3.06. The van der Waals surface area contributed by atoms with Gasteiger partial charge in [-0.15, -0.1) is 0 Å². The number of rotatable bonds is 6. The van der Waals surface area contributed by atoms with Crippen molar-refractivity contribution in [3.8, 4) is 0 Å². The van der Waals surface area contributed by atoms with E-state index in [1.807, 2.05) is 42.5 Å². The van der Waals surface area contributed by atoms with Gasteiger partial charge in [0.25, 0.3) is 0 Å². The van der Waals surface area contributed by atoms with E-state index in [2.05, 4.69) is 5.32 Å². The van der Waals surface area contributed by atoms with E-state index in [9.17, 15) is 17.6 Å². The van der Waals surface area contributed by atoms with E-state index in [1.165, 1.54) is 12.1 Å². The second kappa shape index (κ2) is 7.75. The first-order valence-corrected chi connectivity index (χ1v) is 10.2. The number of benzene rings is 3. The van der Waals surface area contributed by atoms with Crippen LogP contribution in [-0.2, 0) is 21.4 Å². The minimum absolute atomic E-state index is 0.236. The highest BCUT2D eigenvalue weighted by molar-refractivity contribution is 7.92. The van der Waals surface area contributed by atoms with E-state index in [1.54, 1.807) is 0 Å². The van der Waals surface area contributed by atoms with Gasteiger partial charge in [0.05, 0.1) is 11.9 Å². The van der Waals surface area contributed by atoms with Gasteiger partial charge in [-0.1, -0.05) is 36.4 Å². The van der Waals surface area contributed by atoms with Gasteiger partial charge in [0.15, 0.2) is 0 Å². The second-order valence-corrected chi connectivity index (χ2v) is 8.11. The minimum Gasteiger partial charge on any atom is -0.350 e. The summed E-state index contributed by atoms with van der Waals surface area (Å²) in [5, 5.41) is 4.90. The fraction of sp³-hybridized carbons (Fsp3) is 0.150. The average Bonchev–Trinajstić information content (AvgIpc) is 2.64. The molecule has 0 atom stereocenters. The summed E-state index contributed by atoms with van der Waals surface area (Å²) in [5.41, 5.74) is 1.15. The topological polar surface area (TPSA) is 66.5 Å². The van der Waals surface area contributed by atoms with Crippen LogP contribution in [0.2, 0.25) is 0 Å². The van der Waals surface area contributed by atoms with E-state index in [-0.39, 0.29) is 18.8 Å². The highest BCUT2D eigenvalue weighted by Crippen LogP contribution is 2.18. The Kier molecular flexibility index (Phi) is 5.41. The first-order chi connectivity index (χ1) is 12.8. The number of carbonyl (C=O) groups is 1. The van der Waals surface area contributed by atoms with Crippen LogP contribution in [0.15, 0.2) is 66.7 Å². The molecular weight excluding hydrogens is 367 g/mol. The fourth-order valence-corrected chi connectivity index (χ4v) is 3.60. The molecule has 5 nitrogen and oxygen atoms in total. The van der Waals surface area contributed by atoms with E-state index in [0.717, 1.165) is 39.0 Å². The number of carbonyl (C=O) groups excluding carboxylic acids is 1. The number of sulfonamides is 1. The Bertz CT molecular complexity index is 1070. The zero-order valence-electron chi connectivity index (χ0n) is 14.7. The molecule has 0 aliphatic heterocycles. The molecule has 0 radical (unpaired) electrons. The molecule has 0 aliphatic rings. The van der Waals surface area contributed by atoms with Crippen molar-refractivity contribution in [3.63, 3.8) is 0 Å². The molecule has 140 valence electrons. The first-order valence-electron chi connectivity index (χ1n) is 8.30. The molecule has 1 N–H and O–H groups in total. The molecule has 0 heterocycles. The molecule has 0 spiro atoms. The Hall–Kier alpha value is -2.93. The standard InChI is InChI=1S/C20H19FN2O3S/c1-27(25,26)23(19-10-8-18(21)9-11-19)14-20(24)22-13-15-6-7-16-4-2-3-5-17(16)12-15/h2-12H,13-14H2,1H3,(H,22,24). The van der Waals surface area contributed by atoms with Crippen molar-refractivity contribution in [2.24, 2.45) is 0 Å². The third-order valence-electron chi connectivity index (χ3n) is 4.11. The SMILES string of the molecule is CS(=O)(=O)N(CC(=O)NCc1ccc2ccccc2c1)c1ccc(F)cc1. The molecule has 0 aromatic heterocycles. The van der Waals surface area contributed by atoms with E-state index >= 15 is 0 Å². The second-order valence-electron chi connectivity index (χ2n) is 6.20. The zero-order valence-corrected chi connectivity index (χ0v) is 15.5. The maximum absolute atomic E-state index is 13.1. The van der Waals surface area contributed by atoms with Crippen molar-refractivity contribution in [1.82, 2.24) is 5.32 Å². The molecule has 3 aromatic carbocycles. The van der Waals surface area contributed by atoms with Gasteiger partial charge in [0.2, 0.25) is 15.9 Å². The van der Waals surface area contributed by atoms with Gasteiger partial charge in [-0.05, 0) is 46.7 Å².